The summed E-state index contributed by atoms with van der Waals surface area (Å²) in [6, 6.07) is 31.5. The third-order valence-electron chi connectivity index (χ3n) is 9.79. The number of halogens is 2. The SMILES string of the molecule is CC1=Cc2c(-c3ccccc3)ccc(C)c2[CH]1[Zr]([CH3])([CH3])(=[SiH2])[CH]1C(C(C)C)=Cc2c(-c3ccccc3)ccc(C)c21.Cl.Cl. The first-order chi connectivity index (χ1) is 19.0. The van der Waals surface area contributed by atoms with Gasteiger partial charge in [0.1, 0.15) is 0 Å². The van der Waals surface area contributed by atoms with Crippen LogP contribution in [-0.2, 0) is 17.4 Å². The average Bonchev–Trinajstić information content (AvgIpc) is 3.52. The minimum Gasteiger partial charge on any atom is -0.147 e. The summed E-state index contributed by atoms with van der Waals surface area (Å²) in [5.74, 6) is 0.514. The second kappa shape index (κ2) is 11.9. The Bertz CT molecular complexity index is 1780. The largest absolute Gasteiger partial charge is 0.147 e. The molecule has 218 valence electrons. The molecular weight excluding hydrogens is 647 g/mol. The molecule has 0 aromatic heterocycles. The van der Waals surface area contributed by atoms with Crippen LogP contribution in [0.5, 0.6) is 0 Å². The predicted molar refractivity (Wildman–Crippen MR) is 190 cm³/mol. The van der Waals surface area contributed by atoms with Crippen LogP contribution < -0.4 is 0 Å². The van der Waals surface area contributed by atoms with Crippen LogP contribution in [0.15, 0.2) is 96.1 Å². The van der Waals surface area contributed by atoms with E-state index in [0.29, 0.717) is 13.2 Å². The first-order valence-corrected chi connectivity index (χ1v) is 28.5. The van der Waals surface area contributed by atoms with E-state index >= 15 is 0 Å². The topological polar surface area (TPSA) is 0 Å². The fourth-order valence-corrected chi connectivity index (χ4v) is 28.8. The van der Waals surface area contributed by atoms with E-state index in [2.05, 4.69) is 148 Å². The zero-order valence-corrected chi connectivity index (χ0v) is 31.5. The summed E-state index contributed by atoms with van der Waals surface area (Å²) in [5.41, 5.74) is 17.7. The number of aryl methyl sites for hydroxylation is 2. The van der Waals surface area contributed by atoms with Crippen molar-refractivity contribution in [1.82, 2.24) is 0 Å². The summed E-state index contributed by atoms with van der Waals surface area (Å²) in [6.45, 7) is 14.4. The first kappa shape index (κ1) is 32.9. The van der Waals surface area contributed by atoms with Crippen molar-refractivity contribution >= 4 is 43.8 Å². The number of allylic oxidation sites excluding steroid dienone is 2. The van der Waals surface area contributed by atoms with Crippen molar-refractivity contribution in [2.45, 2.75) is 51.1 Å². The summed E-state index contributed by atoms with van der Waals surface area (Å²) in [4.78, 5) is 0. The monoisotopic (exact) mass is 688 g/mol. The number of benzene rings is 4. The van der Waals surface area contributed by atoms with E-state index in [0.717, 1.165) is 0 Å². The molecule has 2 aliphatic carbocycles. The second-order valence-corrected chi connectivity index (χ2v) is 44.2. The predicted octanol–water partition coefficient (Wildman–Crippen LogP) is 11.1. The smallest absolute Gasteiger partial charge is 0.147 e. The van der Waals surface area contributed by atoms with Gasteiger partial charge in [-0.3, -0.25) is 0 Å². The molecule has 0 bridgehead atoms. The van der Waals surface area contributed by atoms with Crippen molar-refractivity contribution in [2.24, 2.45) is 5.92 Å². The summed E-state index contributed by atoms with van der Waals surface area (Å²) < 4.78 is 6.60. The fourth-order valence-electron chi connectivity index (χ4n) is 8.17. The van der Waals surface area contributed by atoms with Crippen LogP contribution in [0, 0.1) is 19.8 Å². The van der Waals surface area contributed by atoms with Gasteiger partial charge in [-0.1, -0.05) is 0 Å². The molecule has 0 spiro atoms. The van der Waals surface area contributed by atoms with Gasteiger partial charge in [-0.05, 0) is 0 Å². The molecule has 42 heavy (non-hydrogen) atoms. The van der Waals surface area contributed by atoms with Crippen LogP contribution in [0.4, 0.5) is 0 Å². The summed E-state index contributed by atoms with van der Waals surface area (Å²) in [5, 5.41) is 0. The van der Waals surface area contributed by atoms with Gasteiger partial charge in [0, 0.05) is 0 Å². The molecule has 6 rings (SSSR count). The molecule has 4 aromatic carbocycles. The number of hydrogen-bond acceptors (Lipinski definition) is 0. The van der Waals surface area contributed by atoms with Gasteiger partial charge in [0.05, 0.1) is 0 Å². The maximum Gasteiger partial charge on any atom is -0.147 e. The summed E-state index contributed by atoms with van der Waals surface area (Å²) in [7, 11) is 0. The Morgan fingerprint density at radius 1 is 0.595 bits per heavy atom. The summed E-state index contributed by atoms with van der Waals surface area (Å²) in [6.07, 6.45) is 5.15. The minimum absolute atomic E-state index is 0. The van der Waals surface area contributed by atoms with Gasteiger partial charge in [0.15, 0.2) is 0 Å². The fraction of sp³-hybridized carbons (Fsp3) is 0.263. The van der Waals surface area contributed by atoms with Crippen molar-refractivity contribution < 1.29 is 17.4 Å². The number of hydrogen-bond donors (Lipinski definition) is 0. The molecule has 0 radical (unpaired) electrons. The van der Waals surface area contributed by atoms with Crippen LogP contribution in [0.3, 0.4) is 0 Å². The van der Waals surface area contributed by atoms with Gasteiger partial charge in [-0.2, -0.15) is 0 Å². The molecule has 0 fully saturated rings. The number of rotatable bonds is 5. The molecule has 0 N–H and O–H groups in total. The zero-order chi connectivity index (χ0) is 28.4. The minimum atomic E-state index is -3.66. The molecule has 2 unspecified atom stereocenters. The Balaban J connectivity index is 0.00000202. The Morgan fingerprint density at radius 3 is 1.48 bits per heavy atom. The molecule has 4 heteroatoms. The maximum absolute atomic E-state index is 3.66. The average molecular weight is 691 g/mol. The van der Waals surface area contributed by atoms with Crippen LogP contribution >= 0.6 is 24.8 Å². The molecule has 0 saturated carbocycles. The number of fused-ring (bicyclic) bond motifs is 2. The first-order valence-electron chi connectivity index (χ1n) is 14.8. The van der Waals surface area contributed by atoms with Crippen LogP contribution in [0.25, 0.3) is 34.4 Å². The van der Waals surface area contributed by atoms with E-state index in [1.807, 2.05) is 0 Å². The third-order valence-corrected chi connectivity index (χ3v) is 27.3. The molecule has 0 amide bonds. The molecular formula is C38H44Cl2SiZr. The van der Waals surface area contributed by atoms with Crippen molar-refractivity contribution in [3.05, 3.63) is 129 Å². The van der Waals surface area contributed by atoms with E-state index in [4.69, 9.17) is 0 Å². The van der Waals surface area contributed by atoms with E-state index in [1.54, 1.807) is 22.3 Å². The van der Waals surface area contributed by atoms with Crippen LogP contribution in [-0.4, -0.2) is 6.88 Å². The molecule has 4 aromatic rings. The van der Waals surface area contributed by atoms with Crippen molar-refractivity contribution in [1.29, 1.82) is 0 Å². The van der Waals surface area contributed by atoms with Crippen LogP contribution in [0.2, 0.25) is 9.26 Å². The normalized spacial score (nSPS) is 17.5. The molecule has 2 atom stereocenters. The Hall–Kier alpha value is -1.96. The molecule has 0 nitrogen and oxygen atoms in total. The van der Waals surface area contributed by atoms with Gasteiger partial charge >= 0.3 is 245 Å². The van der Waals surface area contributed by atoms with E-state index in [-0.39, 0.29) is 24.8 Å². The van der Waals surface area contributed by atoms with Gasteiger partial charge in [0.2, 0.25) is 0 Å². The molecule has 2 aliphatic rings. The third kappa shape index (κ3) is 5.21. The Morgan fingerprint density at radius 2 is 1.02 bits per heavy atom. The Kier molecular flexibility index (Phi) is 9.30. The Labute approximate surface area is 268 Å². The van der Waals surface area contributed by atoms with Crippen molar-refractivity contribution in [3.63, 3.8) is 0 Å². The maximum atomic E-state index is 2.77. The van der Waals surface area contributed by atoms with E-state index < -0.39 is 17.4 Å². The van der Waals surface area contributed by atoms with Crippen molar-refractivity contribution in [3.8, 4) is 22.3 Å². The zero-order valence-electron chi connectivity index (χ0n) is 26.0. The molecule has 0 saturated heterocycles. The van der Waals surface area contributed by atoms with E-state index in [9.17, 15) is 0 Å². The summed E-state index contributed by atoms with van der Waals surface area (Å²) >= 11 is -3.66. The standard InChI is InChI=1S/C19H19.C17H15.2CH3.2ClH.H2Si.Zr/c1-13(2)16-11-18-14(3)9-10-17(19(18)12-16)15-7-5-4-6-8-15;1-12-10-16-13(2)8-9-15(17(16)11-12)14-6-4-3-5-7-14;;;;;;/h4-13H,1-3H3;3-11H,1-2H3;2*1H3;2*1H;1H2;. The van der Waals surface area contributed by atoms with Gasteiger partial charge in [-0.15, -0.1) is 24.8 Å². The van der Waals surface area contributed by atoms with E-state index in [1.165, 1.54) is 44.5 Å². The molecule has 0 heterocycles. The second-order valence-electron chi connectivity index (χ2n) is 13.7. The van der Waals surface area contributed by atoms with Gasteiger partial charge in [-0.25, -0.2) is 0 Å². The quantitative estimate of drug-likeness (QED) is 0.183. The van der Waals surface area contributed by atoms with Crippen molar-refractivity contribution in [2.75, 3.05) is 0 Å². The van der Waals surface area contributed by atoms with Gasteiger partial charge in [0.25, 0.3) is 0 Å². The van der Waals surface area contributed by atoms with Crippen LogP contribution in [0.1, 0.15) is 61.4 Å². The molecule has 0 aliphatic heterocycles. The van der Waals surface area contributed by atoms with Gasteiger partial charge < -0.3 is 0 Å².